The molecule has 5 nitrogen and oxygen atoms in total. The summed E-state index contributed by atoms with van der Waals surface area (Å²) >= 11 is 0. The third-order valence-electron chi connectivity index (χ3n) is 4.13. The smallest absolute Gasteiger partial charge is 0.272 e. The number of nitro groups is 1. The van der Waals surface area contributed by atoms with Gasteiger partial charge in [0.05, 0.1) is 4.92 Å². The van der Waals surface area contributed by atoms with Crippen molar-refractivity contribution in [2.45, 2.75) is 6.92 Å². The van der Waals surface area contributed by atoms with Gasteiger partial charge in [-0.25, -0.2) is 0 Å². The van der Waals surface area contributed by atoms with E-state index in [1.54, 1.807) is 13.0 Å². The SMILES string of the molecule is Cc1cc(N2CC3CNCC3C2)ccc1[N+](=O)[O-]. The van der Waals surface area contributed by atoms with E-state index in [0.29, 0.717) is 0 Å². The standard InChI is InChI=1S/C13H17N3O2/c1-9-4-12(2-3-13(9)16(17)18)15-7-10-5-14-6-11(10)8-15/h2-4,10-11,14H,5-8H2,1H3. The van der Waals surface area contributed by atoms with Crippen LogP contribution < -0.4 is 10.2 Å². The summed E-state index contributed by atoms with van der Waals surface area (Å²) in [6.07, 6.45) is 0. The summed E-state index contributed by atoms with van der Waals surface area (Å²) in [5.74, 6) is 1.47. The van der Waals surface area contributed by atoms with Crippen molar-refractivity contribution in [2.75, 3.05) is 31.1 Å². The van der Waals surface area contributed by atoms with Crippen molar-refractivity contribution < 1.29 is 4.92 Å². The predicted octanol–water partition coefficient (Wildman–Crippen LogP) is 1.56. The van der Waals surface area contributed by atoms with E-state index in [1.807, 2.05) is 12.1 Å². The highest BCUT2D eigenvalue weighted by molar-refractivity contribution is 5.56. The molecule has 2 saturated heterocycles. The van der Waals surface area contributed by atoms with Gasteiger partial charge in [-0.15, -0.1) is 0 Å². The van der Waals surface area contributed by atoms with Crippen molar-refractivity contribution in [1.29, 1.82) is 0 Å². The van der Waals surface area contributed by atoms with E-state index < -0.39 is 0 Å². The molecule has 1 N–H and O–H groups in total. The van der Waals surface area contributed by atoms with Crippen LogP contribution in [0.2, 0.25) is 0 Å². The first-order valence-electron chi connectivity index (χ1n) is 6.36. The third kappa shape index (κ3) is 1.84. The lowest BCUT2D eigenvalue weighted by molar-refractivity contribution is -0.385. The summed E-state index contributed by atoms with van der Waals surface area (Å²) in [4.78, 5) is 12.8. The highest BCUT2D eigenvalue weighted by Crippen LogP contribution is 2.32. The van der Waals surface area contributed by atoms with E-state index in [-0.39, 0.29) is 10.6 Å². The van der Waals surface area contributed by atoms with Crippen molar-refractivity contribution in [1.82, 2.24) is 5.32 Å². The first kappa shape index (κ1) is 11.5. The molecule has 18 heavy (non-hydrogen) atoms. The van der Waals surface area contributed by atoms with Crippen LogP contribution in [0, 0.1) is 28.9 Å². The van der Waals surface area contributed by atoms with Gasteiger partial charge in [-0.3, -0.25) is 10.1 Å². The quantitative estimate of drug-likeness (QED) is 0.636. The van der Waals surface area contributed by atoms with Gasteiger partial charge in [0.2, 0.25) is 0 Å². The Labute approximate surface area is 106 Å². The Morgan fingerprint density at radius 3 is 2.56 bits per heavy atom. The molecule has 3 rings (SSSR count). The topological polar surface area (TPSA) is 58.4 Å². The van der Waals surface area contributed by atoms with Gasteiger partial charge in [0.1, 0.15) is 0 Å². The van der Waals surface area contributed by atoms with Crippen LogP contribution in [0.5, 0.6) is 0 Å². The normalized spacial score (nSPS) is 26.4. The zero-order chi connectivity index (χ0) is 12.7. The molecule has 2 atom stereocenters. The Hall–Kier alpha value is -1.62. The minimum atomic E-state index is -0.318. The molecule has 0 aliphatic carbocycles. The summed E-state index contributed by atoms with van der Waals surface area (Å²) < 4.78 is 0. The molecule has 0 saturated carbocycles. The Balaban J connectivity index is 1.81. The van der Waals surface area contributed by atoms with Gasteiger partial charge in [0.15, 0.2) is 0 Å². The van der Waals surface area contributed by atoms with E-state index in [0.717, 1.165) is 49.3 Å². The second-order valence-corrected chi connectivity index (χ2v) is 5.31. The molecule has 0 aromatic heterocycles. The monoisotopic (exact) mass is 247 g/mol. The molecule has 2 unspecified atom stereocenters. The zero-order valence-corrected chi connectivity index (χ0v) is 10.4. The summed E-state index contributed by atoms with van der Waals surface area (Å²) in [6, 6.07) is 5.43. The van der Waals surface area contributed by atoms with Crippen LogP contribution in [-0.4, -0.2) is 31.1 Å². The third-order valence-corrected chi connectivity index (χ3v) is 4.13. The van der Waals surface area contributed by atoms with Gasteiger partial charge in [-0.05, 0) is 30.9 Å². The first-order chi connectivity index (χ1) is 8.65. The molecule has 5 heteroatoms. The van der Waals surface area contributed by atoms with Gasteiger partial charge < -0.3 is 10.2 Å². The van der Waals surface area contributed by atoms with Crippen molar-refractivity contribution in [3.63, 3.8) is 0 Å². The summed E-state index contributed by atoms with van der Waals surface area (Å²) in [5.41, 5.74) is 2.07. The van der Waals surface area contributed by atoms with Crippen LogP contribution in [0.3, 0.4) is 0 Å². The van der Waals surface area contributed by atoms with Crippen LogP contribution in [0.15, 0.2) is 18.2 Å². The van der Waals surface area contributed by atoms with Crippen LogP contribution in [0.4, 0.5) is 11.4 Å². The molecule has 0 amide bonds. The van der Waals surface area contributed by atoms with E-state index in [1.165, 1.54) is 0 Å². The highest BCUT2D eigenvalue weighted by Gasteiger charge is 2.36. The van der Waals surface area contributed by atoms with Crippen LogP contribution in [-0.2, 0) is 0 Å². The number of anilines is 1. The summed E-state index contributed by atoms with van der Waals surface area (Å²) in [6.45, 7) is 6.14. The summed E-state index contributed by atoms with van der Waals surface area (Å²) in [7, 11) is 0. The molecule has 1 aromatic carbocycles. The lowest BCUT2D eigenvalue weighted by Crippen LogP contribution is -2.25. The number of nitrogens with one attached hydrogen (secondary N) is 1. The lowest BCUT2D eigenvalue weighted by atomic mass is 10.0. The molecular weight excluding hydrogens is 230 g/mol. The number of hydrogen-bond donors (Lipinski definition) is 1. The number of nitro benzene ring substituents is 1. The van der Waals surface area contributed by atoms with E-state index in [9.17, 15) is 10.1 Å². The van der Waals surface area contributed by atoms with Gasteiger partial charge >= 0.3 is 0 Å². The number of nitrogens with zero attached hydrogens (tertiary/aromatic N) is 2. The molecule has 1 aromatic rings. The van der Waals surface area contributed by atoms with Crippen LogP contribution in [0.25, 0.3) is 0 Å². The van der Waals surface area contributed by atoms with Crippen molar-refractivity contribution in [3.05, 3.63) is 33.9 Å². The maximum Gasteiger partial charge on any atom is 0.272 e. The fraction of sp³-hybridized carbons (Fsp3) is 0.538. The molecule has 0 bridgehead atoms. The molecular formula is C13H17N3O2. The Kier molecular flexibility index (Phi) is 2.70. The van der Waals surface area contributed by atoms with Gasteiger partial charge in [0, 0.05) is 43.5 Å². The minimum absolute atomic E-state index is 0.208. The fourth-order valence-corrected chi connectivity index (χ4v) is 3.11. The maximum absolute atomic E-state index is 10.8. The lowest BCUT2D eigenvalue weighted by Gasteiger charge is -2.20. The first-order valence-corrected chi connectivity index (χ1v) is 6.36. The molecule has 2 heterocycles. The molecule has 2 aliphatic rings. The number of hydrogen-bond acceptors (Lipinski definition) is 4. The molecule has 2 fully saturated rings. The largest absolute Gasteiger partial charge is 0.371 e. The van der Waals surface area contributed by atoms with E-state index in [2.05, 4.69) is 10.2 Å². The second kappa shape index (κ2) is 4.24. The Morgan fingerprint density at radius 1 is 1.33 bits per heavy atom. The maximum atomic E-state index is 10.8. The van der Waals surface area contributed by atoms with Gasteiger partial charge in [0.25, 0.3) is 5.69 Å². The Morgan fingerprint density at radius 2 is 2.00 bits per heavy atom. The van der Waals surface area contributed by atoms with Crippen molar-refractivity contribution in [2.24, 2.45) is 11.8 Å². The zero-order valence-electron chi connectivity index (χ0n) is 10.4. The van der Waals surface area contributed by atoms with Gasteiger partial charge in [-0.1, -0.05) is 0 Å². The highest BCUT2D eigenvalue weighted by atomic mass is 16.6. The van der Waals surface area contributed by atoms with Crippen LogP contribution >= 0.6 is 0 Å². The minimum Gasteiger partial charge on any atom is -0.371 e. The fourth-order valence-electron chi connectivity index (χ4n) is 3.11. The number of aryl methyl sites for hydroxylation is 1. The average molecular weight is 247 g/mol. The van der Waals surface area contributed by atoms with Crippen molar-refractivity contribution in [3.8, 4) is 0 Å². The average Bonchev–Trinajstić information content (AvgIpc) is 2.87. The molecule has 0 spiro atoms. The van der Waals surface area contributed by atoms with E-state index in [4.69, 9.17) is 0 Å². The van der Waals surface area contributed by atoms with Gasteiger partial charge in [-0.2, -0.15) is 0 Å². The van der Waals surface area contributed by atoms with E-state index >= 15 is 0 Å². The Bertz CT molecular complexity index is 477. The second-order valence-electron chi connectivity index (χ2n) is 5.31. The molecule has 0 radical (unpaired) electrons. The number of benzene rings is 1. The number of rotatable bonds is 2. The predicted molar refractivity (Wildman–Crippen MR) is 69.9 cm³/mol. The summed E-state index contributed by atoms with van der Waals surface area (Å²) in [5, 5.41) is 14.2. The molecule has 2 aliphatic heterocycles. The van der Waals surface area contributed by atoms with Crippen molar-refractivity contribution >= 4 is 11.4 Å². The number of fused-ring (bicyclic) bond motifs is 1. The molecule has 96 valence electrons. The van der Waals surface area contributed by atoms with Crippen LogP contribution in [0.1, 0.15) is 5.56 Å².